The molecular weight excluding hydrogens is 374 g/mol. The number of rotatable bonds is 5. The first kappa shape index (κ1) is 18.3. The van der Waals surface area contributed by atoms with Crippen molar-refractivity contribution in [2.24, 2.45) is 0 Å². The molecule has 1 unspecified atom stereocenters. The molecule has 9 heteroatoms. The van der Waals surface area contributed by atoms with Gasteiger partial charge < -0.3 is 15.2 Å². The van der Waals surface area contributed by atoms with Crippen LogP contribution in [0.5, 0.6) is 0 Å². The van der Waals surface area contributed by atoms with Crippen molar-refractivity contribution in [3.63, 3.8) is 0 Å². The van der Waals surface area contributed by atoms with E-state index in [1.54, 1.807) is 36.0 Å². The molecule has 1 fully saturated rings. The minimum absolute atomic E-state index is 0.000475. The Morgan fingerprint density at radius 2 is 2.25 bits per heavy atom. The van der Waals surface area contributed by atoms with Crippen LogP contribution in [0.1, 0.15) is 35.2 Å². The summed E-state index contributed by atoms with van der Waals surface area (Å²) in [6.07, 6.45) is 7.48. The van der Waals surface area contributed by atoms with Crippen LogP contribution in [0.15, 0.2) is 30.0 Å². The quantitative estimate of drug-likeness (QED) is 0.644. The van der Waals surface area contributed by atoms with Crippen LogP contribution < -0.4 is 5.32 Å². The Balaban J connectivity index is 1.44. The van der Waals surface area contributed by atoms with Gasteiger partial charge in [-0.15, -0.1) is 11.3 Å². The number of aryl methyl sites for hydroxylation is 2. The molecule has 144 valence electrons. The smallest absolute Gasteiger partial charge is 0.246 e. The Hall–Kier alpha value is -3.07. The minimum Gasteiger partial charge on any atom is -0.345 e. The number of thiazole rings is 1. The third-order valence-corrected chi connectivity index (χ3v) is 5.43. The number of H-pyrrole nitrogens is 1. The number of aromatic nitrogens is 5. The summed E-state index contributed by atoms with van der Waals surface area (Å²) >= 11 is 1.55. The number of aromatic amines is 1. The summed E-state index contributed by atoms with van der Waals surface area (Å²) < 4.78 is 0. The van der Waals surface area contributed by atoms with E-state index in [9.17, 15) is 4.79 Å². The zero-order valence-corrected chi connectivity index (χ0v) is 16.5. The molecule has 0 saturated carbocycles. The van der Waals surface area contributed by atoms with Gasteiger partial charge in [0.05, 0.1) is 29.6 Å². The topological polar surface area (TPSA) is 99.7 Å². The van der Waals surface area contributed by atoms with E-state index in [-0.39, 0.29) is 11.8 Å². The van der Waals surface area contributed by atoms with Crippen molar-refractivity contribution < 1.29 is 4.79 Å². The summed E-state index contributed by atoms with van der Waals surface area (Å²) in [6.45, 7) is 5.21. The fourth-order valence-electron chi connectivity index (χ4n) is 3.21. The standard InChI is InChI=1S/C19H21N7OS/c1-12-10-28-19(22-12)25-17-7-16(23-13(2)24-17)14-5-6-26(9-14)18(27)4-3-15-8-20-11-21-15/h3-4,7-8,10-11,14H,5-6,9H2,1-2H3,(H,20,21)(H,22,23,24,25). The average Bonchev–Trinajstić information content (AvgIpc) is 3.41. The molecule has 1 aliphatic heterocycles. The molecule has 1 atom stereocenters. The number of hydrogen-bond acceptors (Lipinski definition) is 7. The fourth-order valence-corrected chi connectivity index (χ4v) is 3.91. The molecule has 28 heavy (non-hydrogen) atoms. The highest BCUT2D eigenvalue weighted by molar-refractivity contribution is 7.13. The van der Waals surface area contributed by atoms with Gasteiger partial charge in [-0.25, -0.2) is 19.9 Å². The highest BCUT2D eigenvalue weighted by atomic mass is 32.1. The van der Waals surface area contributed by atoms with E-state index >= 15 is 0 Å². The van der Waals surface area contributed by atoms with Gasteiger partial charge in [-0.2, -0.15) is 0 Å². The van der Waals surface area contributed by atoms with Crippen LogP contribution >= 0.6 is 11.3 Å². The second-order valence-corrected chi connectivity index (χ2v) is 7.61. The number of amides is 1. The highest BCUT2D eigenvalue weighted by Gasteiger charge is 2.27. The number of nitrogens with one attached hydrogen (secondary N) is 2. The molecule has 3 aromatic rings. The van der Waals surface area contributed by atoms with Crippen LogP contribution in [0.25, 0.3) is 6.08 Å². The summed E-state index contributed by atoms with van der Waals surface area (Å²) in [5, 5.41) is 6.06. The molecule has 2 N–H and O–H groups in total. The van der Waals surface area contributed by atoms with Gasteiger partial charge in [-0.05, 0) is 26.3 Å². The zero-order valence-electron chi connectivity index (χ0n) is 15.7. The number of hydrogen-bond donors (Lipinski definition) is 2. The molecule has 4 heterocycles. The van der Waals surface area contributed by atoms with Crippen molar-refractivity contribution in [3.8, 4) is 0 Å². The van der Waals surface area contributed by atoms with Crippen LogP contribution in [-0.2, 0) is 4.79 Å². The summed E-state index contributed by atoms with van der Waals surface area (Å²) in [4.78, 5) is 34.7. The van der Waals surface area contributed by atoms with Gasteiger partial charge in [0.15, 0.2) is 5.13 Å². The summed E-state index contributed by atoms with van der Waals surface area (Å²) in [5.74, 6) is 1.64. The molecule has 1 amide bonds. The molecule has 1 saturated heterocycles. The predicted molar refractivity (Wildman–Crippen MR) is 108 cm³/mol. The molecule has 0 spiro atoms. The van der Waals surface area contributed by atoms with Gasteiger partial charge in [0.2, 0.25) is 5.91 Å². The van der Waals surface area contributed by atoms with E-state index in [0.717, 1.165) is 34.5 Å². The second kappa shape index (κ2) is 7.89. The van der Waals surface area contributed by atoms with E-state index in [2.05, 4.69) is 30.2 Å². The fraction of sp³-hybridized carbons (Fsp3) is 0.316. The van der Waals surface area contributed by atoms with E-state index in [1.165, 1.54) is 0 Å². The largest absolute Gasteiger partial charge is 0.345 e. The maximum Gasteiger partial charge on any atom is 0.246 e. The Morgan fingerprint density at radius 3 is 3.00 bits per heavy atom. The minimum atomic E-state index is -0.000475. The van der Waals surface area contributed by atoms with Crippen molar-refractivity contribution in [2.45, 2.75) is 26.2 Å². The van der Waals surface area contributed by atoms with Gasteiger partial charge in [0.25, 0.3) is 0 Å². The Morgan fingerprint density at radius 1 is 1.36 bits per heavy atom. The van der Waals surface area contributed by atoms with E-state index in [0.29, 0.717) is 18.9 Å². The molecule has 8 nitrogen and oxygen atoms in total. The van der Waals surface area contributed by atoms with Crippen LogP contribution in [0.3, 0.4) is 0 Å². The van der Waals surface area contributed by atoms with Crippen LogP contribution in [0.4, 0.5) is 10.9 Å². The lowest BCUT2D eigenvalue weighted by molar-refractivity contribution is -0.124. The van der Waals surface area contributed by atoms with Crippen molar-refractivity contribution in [1.29, 1.82) is 0 Å². The van der Waals surface area contributed by atoms with E-state index in [1.807, 2.05) is 30.2 Å². The first-order valence-corrected chi connectivity index (χ1v) is 9.95. The van der Waals surface area contributed by atoms with E-state index < -0.39 is 0 Å². The summed E-state index contributed by atoms with van der Waals surface area (Å²) in [7, 11) is 0. The number of imidazole rings is 1. The first-order valence-electron chi connectivity index (χ1n) is 9.07. The predicted octanol–water partition coefficient (Wildman–Crippen LogP) is 3.05. The van der Waals surface area contributed by atoms with E-state index in [4.69, 9.17) is 0 Å². The third-order valence-electron chi connectivity index (χ3n) is 4.55. The van der Waals surface area contributed by atoms with Gasteiger partial charge in [0, 0.05) is 36.5 Å². The van der Waals surface area contributed by atoms with Crippen molar-refractivity contribution >= 4 is 34.3 Å². The SMILES string of the molecule is Cc1csc(Nc2cc(C3CCN(C(=O)C=Cc4cnc[nH]4)C3)nc(C)n2)n1. The summed E-state index contributed by atoms with van der Waals surface area (Å²) in [6, 6.07) is 1.96. The molecule has 4 rings (SSSR count). The van der Waals surface area contributed by atoms with Crippen LogP contribution in [-0.4, -0.2) is 48.8 Å². The molecule has 1 aliphatic rings. The van der Waals surface area contributed by atoms with Crippen molar-refractivity contribution in [1.82, 2.24) is 29.8 Å². The van der Waals surface area contributed by atoms with Gasteiger partial charge >= 0.3 is 0 Å². The normalized spacial score (nSPS) is 16.8. The lowest BCUT2D eigenvalue weighted by Crippen LogP contribution is -2.26. The van der Waals surface area contributed by atoms with Crippen molar-refractivity contribution in [2.75, 3.05) is 18.4 Å². The molecule has 0 aromatic carbocycles. The Labute approximate surface area is 166 Å². The number of carbonyl (C=O) groups is 1. The Kier molecular flexibility index (Phi) is 5.16. The number of likely N-dealkylation sites (tertiary alicyclic amines) is 1. The lowest BCUT2D eigenvalue weighted by Gasteiger charge is -2.15. The maximum absolute atomic E-state index is 12.4. The Bertz CT molecular complexity index is 996. The molecule has 0 bridgehead atoms. The van der Waals surface area contributed by atoms with Gasteiger partial charge in [-0.1, -0.05) is 0 Å². The highest BCUT2D eigenvalue weighted by Crippen LogP contribution is 2.28. The number of nitrogens with zero attached hydrogens (tertiary/aromatic N) is 5. The maximum atomic E-state index is 12.4. The van der Waals surface area contributed by atoms with Gasteiger partial charge in [-0.3, -0.25) is 4.79 Å². The van der Waals surface area contributed by atoms with Crippen molar-refractivity contribution in [3.05, 3.63) is 53.0 Å². The number of carbonyl (C=O) groups excluding carboxylic acids is 1. The number of anilines is 2. The molecule has 0 radical (unpaired) electrons. The first-order chi connectivity index (χ1) is 13.6. The zero-order chi connectivity index (χ0) is 19.5. The lowest BCUT2D eigenvalue weighted by atomic mass is 10.0. The molecule has 0 aliphatic carbocycles. The molecular formula is C19H21N7OS. The third kappa shape index (κ3) is 4.25. The van der Waals surface area contributed by atoms with Crippen LogP contribution in [0, 0.1) is 13.8 Å². The van der Waals surface area contributed by atoms with Gasteiger partial charge in [0.1, 0.15) is 11.6 Å². The summed E-state index contributed by atoms with van der Waals surface area (Å²) in [5.41, 5.74) is 2.74. The average molecular weight is 395 g/mol. The second-order valence-electron chi connectivity index (χ2n) is 6.75. The monoisotopic (exact) mass is 395 g/mol. The molecule has 3 aromatic heterocycles. The van der Waals surface area contributed by atoms with Crippen LogP contribution in [0.2, 0.25) is 0 Å².